The predicted octanol–water partition coefficient (Wildman–Crippen LogP) is 4.34. The third-order valence-corrected chi connectivity index (χ3v) is 4.95. The molecule has 3 heterocycles. The molecule has 0 bridgehead atoms. The van der Waals surface area contributed by atoms with Gasteiger partial charge in [-0.3, -0.25) is 19.6 Å². The van der Waals surface area contributed by atoms with E-state index in [0.717, 1.165) is 11.8 Å². The lowest BCUT2D eigenvalue weighted by molar-refractivity contribution is -0.384. The summed E-state index contributed by atoms with van der Waals surface area (Å²) in [6.45, 7) is 10.4. The molecule has 0 atom stereocenters. The summed E-state index contributed by atoms with van der Waals surface area (Å²) in [5.74, 6) is 0.125. The molecule has 2 aromatic heterocycles. The molecular weight excluding hydrogens is 412 g/mol. The maximum Gasteiger partial charge on any atom is 0.329 e. The fraction of sp³-hybridized carbons (Fsp3) is 0.333. The number of carbonyl (C=O) groups excluding carboxylic acids is 1. The van der Waals surface area contributed by atoms with Crippen LogP contribution in [0.3, 0.4) is 0 Å². The number of nitrogens with zero attached hydrogens (tertiary/aromatic N) is 5. The van der Waals surface area contributed by atoms with Crippen molar-refractivity contribution in [2.24, 2.45) is 0 Å². The Morgan fingerprint density at radius 2 is 1.94 bits per heavy atom. The maximum atomic E-state index is 12.2. The molecule has 1 amide bonds. The summed E-state index contributed by atoms with van der Waals surface area (Å²) in [5, 5.41) is 24.4. The van der Waals surface area contributed by atoms with E-state index in [1.165, 1.54) is 0 Å². The Kier molecular flexibility index (Phi) is 6.37. The first kappa shape index (κ1) is 22.7. The molecule has 11 nitrogen and oxygen atoms in total. The van der Waals surface area contributed by atoms with Crippen LogP contribution in [-0.2, 0) is 16.8 Å². The zero-order valence-corrected chi connectivity index (χ0v) is 18.6. The molecule has 0 fully saturated rings. The van der Waals surface area contributed by atoms with Crippen LogP contribution >= 0.6 is 0 Å². The lowest BCUT2D eigenvalue weighted by atomic mass is 9.86. The molecule has 32 heavy (non-hydrogen) atoms. The highest BCUT2D eigenvalue weighted by molar-refractivity contribution is 6.06. The summed E-state index contributed by atoms with van der Waals surface area (Å²) in [6, 6.07) is 5.30. The Morgan fingerprint density at radius 1 is 1.19 bits per heavy atom. The number of benzene rings is 1. The average molecular weight is 438 g/mol. The largest absolute Gasteiger partial charge is 0.334 e. The zero-order valence-electron chi connectivity index (χ0n) is 18.6. The van der Waals surface area contributed by atoms with Crippen molar-refractivity contribution in [2.75, 3.05) is 16.0 Å². The van der Waals surface area contributed by atoms with E-state index in [4.69, 9.17) is 0 Å². The highest BCUT2D eigenvalue weighted by Crippen LogP contribution is 2.39. The number of hydrogen-bond acceptors (Lipinski definition) is 8. The summed E-state index contributed by atoms with van der Waals surface area (Å²) >= 11 is 0. The van der Waals surface area contributed by atoms with Gasteiger partial charge in [0.25, 0.3) is 0 Å². The van der Waals surface area contributed by atoms with Crippen LogP contribution < -0.4 is 16.0 Å². The van der Waals surface area contributed by atoms with E-state index < -0.39 is 10.3 Å². The fourth-order valence-electron chi connectivity index (χ4n) is 3.20. The van der Waals surface area contributed by atoms with Crippen LogP contribution in [0.5, 0.6) is 0 Å². The number of amides is 1. The highest BCUT2D eigenvalue weighted by Gasteiger charge is 2.38. The number of aryl methyl sites for hydroxylation is 1. The van der Waals surface area contributed by atoms with Crippen molar-refractivity contribution in [2.45, 2.75) is 46.6 Å². The van der Waals surface area contributed by atoms with E-state index in [1.54, 1.807) is 29.2 Å². The first-order chi connectivity index (χ1) is 15.3. The van der Waals surface area contributed by atoms with Gasteiger partial charge >= 0.3 is 5.69 Å². The van der Waals surface area contributed by atoms with Crippen molar-refractivity contribution >= 4 is 40.4 Å². The van der Waals surface area contributed by atoms with Crippen LogP contribution in [0.4, 0.5) is 34.5 Å². The molecule has 11 heteroatoms. The topological polar surface area (TPSA) is 140 Å². The summed E-state index contributed by atoms with van der Waals surface area (Å²) in [5.41, 5.74) is 1.85. The minimum atomic E-state index is -0.630. The molecule has 0 saturated carbocycles. The third-order valence-electron chi connectivity index (χ3n) is 4.95. The maximum absolute atomic E-state index is 12.2. The van der Waals surface area contributed by atoms with Gasteiger partial charge in [0.15, 0.2) is 0 Å². The highest BCUT2D eigenvalue weighted by atomic mass is 16.6. The van der Waals surface area contributed by atoms with Crippen molar-refractivity contribution in [1.82, 2.24) is 19.7 Å². The van der Waals surface area contributed by atoms with E-state index >= 15 is 0 Å². The van der Waals surface area contributed by atoms with Crippen LogP contribution in [-0.4, -0.2) is 30.6 Å². The first-order valence-electron chi connectivity index (χ1n) is 10.3. The Bertz CT molecular complexity index is 1160. The standard InChI is InChI=1S/C19H20N8O3.C2H6/c1-4-26-10-12(8-21-26)23-18-20-9-15(27(29)30)16(25-18)22-11-5-6-13-14(7-11)24-17(28)19(13,2)3;1-2/h5-10H,4H2,1-3H3,(H,24,28)(H2,20,22,23,25);1-2H3. The van der Waals surface area contributed by atoms with Crippen LogP contribution in [0.1, 0.15) is 40.2 Å². The molecule has 0 saturated heterocycles. The molecular formula is C21H26N8O3. The Labute approximate surface area is 185 Å². The molecule has 1 aliphatic heterocycles. The summed E-state index contributed by atoms with van der Waals surface area (Å²) < 4.78 is 1.73. The Balaban J connectivity index is 0.00000141. The van der Waals surface area contributed by atoms with Crippen molar-refractivity contribution in [1.29, 1.82) is 0 Å². The van der Waals surface area contributed by atoms with E-state index in [9.17, 15) is 14.9 Å². The second kappa shape index (κ2) is 9.00. The molecule has 168 valence electrons. The van der Waals surface area contributed by atoms with E-state index in [2.05, 4.69) is 31.0 Å². The van der Waals surface area contributed by atoms with Gasteiger partial charge in [-0.05, 0) is 38.5 Å². The lowest BCUT2D eigenvalue weighted by Crippen LogP contribution is -2.26. The Morgan fingerprint density at radius 3 is 2.59 bits per heavy atom. The van der Waals surface area contributed by atoms with Gasteiger partial charge in [-0.1, -0.05) is 19.9 Å². The molecule has 3 N–H and O–H groups in total. The summed E-state index contributed by atoms with van der Waals surface area (Å²) in [4.78, 5) is 31.3. The Hall–Kier alpha value is -4.02. The number of nitro groups is 1. The normalized spacial score (nSPS) is 13.5. The van der Waals surface area contributed by atoms with Gasteiger partial charge in [-0.2, -0.15) is 10.1 Å². The second-order valence-corrected chi connectivity index (χ2v) is 7.36. The SMILES string of the molecule is CC.CCn1cc(Nc2ncc([N+](=O)[O-])c(Nc3ccc4c(c3)NC(=O)C4(C)C)n2)cn1. The van der Waals surface area contributed by atoms with Crippen LogP contribution in [0.2, 0.25) is 0 Å². The molecule has 1 aliphatic rings. The van der Waals surface area contributed by atoms with Crippen LogP contribution in [0.25, 0.3) is 0 Å². The van der Waals surface area contributed by atoms with Gasteiger partial charge in [0.1, 0.15) is 6.20 Å². The third kappa shape index (κ3) is 4.36. The molecule has 0 spiro atoms. The van der Waals surface area contributed by atoms with Crippen LogP contribution in [0.15, 0.2) is 36.8 Å². The van der Waals surface area contributed by atoms with Crippen LogP contribution in [0, 0.1) is 10.1 Å². The van der Waals surface area contributed by atoms with Gasteiger partial charge in [-0.15, -0.1) is 0 Å². The molecule has 4 rings (SSSR count). The predicted molar refractivity (Wildman–Crippen MR) is 123 cm³/mol. The molecule has 0 unspecified atom stereocenters. The first-order valence-corrected chi connectivity index (χ1v) is 10.3. The molecule has 0 radical (unpaired) electrons. The van der Waals surface area contributed by atoms with Gasteiger partial charge in [0.05, 0.1) is 22.2 Å². The smallest absolute Gasteiger partial charge is 0.329 e. The number of hydrogen-bond donors (Lipinski definition) is 3. The zero-order chi connectivity index (χ0) is 23.5. The van der Waals surface area contributed by atoms with Crippen molar-refractivity contribution in [3.8, 4) is 0 Å². The fourth-order valence-corrected chi connectivity index (χ4v) is 3.20. The molecule has 0 aliphatic carbocycles. The minimum Gasteiger partial charge on any atom is -0.334 e. The van der Waals surface area contributed by atoms with E-state index in [0.29, 0.717) is 23.6 Å². The van der Waals surface area contributed by atoms with Gasteiger partial charge < -0.3 is 16.0 Å². The van der Waals surface area contributed by atoms with Gasteiger partial charge in [0.2, 0.25) is 17.7 Å². The number of rotatable bonds is 6. The van der Waals surface area contributed by atoms with Crippen molar-refractivity contribution < 1.29 is 9.72 Å². The lowest BCUT2D eigenvalue weighted by Gasteiger charge is -2.15. The van der Waals surface area contributed by atoms with Crippen molar-refractivity contribution in [3.63, 3.8) is 0 Å². The van der Waals surface area contributed by atoms with Gasteiger partial charge in [0, 0.05) is 24.1 Å². The average Bonchev–Trinajstić information content (AvgIpc) is 3.31. The van der Waals surface area contributed by atoms with Gasteiger partial charge in [-0.25, -0.2) is 4.98 Å². The number of anilines is 5. The molecule has 3 aromatic rings. The minimum absolute atomic E-state index is 0.0314. The van der Waals surface area contributed by atoms with Crippen molar-refractivity contribution in [3.05, 3.63) is 52.5 Å². The van der Waals surface area contributed by atoms with E-state index in [-0.39, 0.29) is 23.4 Å². The number of fused-ring (bicyclic) bond motifs is 1. The number of nitrogens with one attached hydrogen (secondary N) is 3. The summed E-state index contributed by atoms with van der Waals surface area (Å²) in [6.07, 6.45) is 4.54. The van der Waals surface area contributed by atoms with E-state index in [1.807, 2.05) is 40.7 Å². The summed E-state index contributed by atoms with van der Waals surface area (Å²) in [7, 11) is 0. The second-order valence-electron chi connectivity index (χ2n) is 7.36. The number of aromatic nitrogens is 4. The number of carbonyl (C=O) groups is 1. The molecule has 1 aromatic carbocycles. The monoisotopic (exact) mass is 438 g/mol. The quantitative estimate of drug-likeness (QED) is 0.381.